The highest BCUT2D eigenvalue weighted by molar-refractivity contribution is 6.05. The minimum Gasteiger partial charge on any atom is -0.372 e. The smallest absolute Gasteiger partial charge is 0.372 e. The van der Waals surface area contributed by atoms with Crippen LogP contribution in [0.3, 0.4) is 0 Å². The van der Waals surface area contributed by atoms with E-state index in [-0.39, 0.29) is 23.6 Å². The number of nitrogens with zero attached hydrogens (tertiary/aromatic N) is 4. The van der Waals surface area contributed by atoms with E-state index in [1.165, 1.54) is 18.3 Å². The molecule has 2 atom stereocenters. The molecule has 0 saturated carbocycles. The van der Waals surface area contributed by atoms with Gasteiger partial charge in [-0.1, -0.05) is 17.7 Å². The maximum Gasteiger partial charge on any atom is 0.434 e. The van der Waals surface area contributed by atoms with Crippen LogP contribution >= 0.6 is 0 Å². The minimum atomic E-state index is -4.78. The molecule has 0 aliphatic carbocycles. The summed E-state index contributed by atoms with van der Waals surface area (Å²) >= 11 is 0. The van der Waals surface area contributed by atoms with E-state index in [1.54, 1.807) is 24.3 Å². The van der Waals surface area contributed by atoms with Gasteiger partial charge in [-0.2, -0.15) is 18.3 Å². The van der Waals surface area contributed by atoms with Crippen LogP contribution in [0.5, 0.6) is 0 Å². The molecule has 2 aromatic heterocycles. The molecule has 2 unspecified atom stereocenters. The molecule has 1 aliphatic heterocycles. The fourth-order valence-corrected chi connectivity index (χ4v) is 3.88. The Morgan fingerprint density at radius 1 is 1.06 bits per heavy atom. The average molecular weight is 459 g/mol. The van der Waals surface area contributed by atoms with Crippen LogP contribution in [0.4, 0.5) is 24.7 Å². The summed E-state index contributed by atoms with van der Waals surface area (Å²) in [5.41, 5.74) is -0.302. The van der Waals surface area contributed by atoms with Crippen LogP contribution in [0.1, 0.15) is 35.5 Å². The summed E-state index contributed by atoms with van der Waals surface area (Å²) < 4.78 is 48.0. The molecule has 1 amide bonds. The molecule has 0 bridgehead atoms. The molecule has 4 rings (SSSR count). The minimum absolute atomic E-state index is 0.0563. The fourth-order valence-electron chi connectivity index (χ4n) is 3.88. The summed E-state index contributed by atoms with van der Waals surface area (Å²) in [4.78, 5) is 19.2. The Morgan fingerprint density at radius 3 is 2.30 bits per heavy atom. The van der Waals surface area contributed by atoms with Crippen LogP contribution < -0.4 is 10.2 Å². The highest BCUT2D eigenvalue weighted by Gasteiger charge is 2.40. The van der Waals surface area contributed by atoms with Gasteiger partial charge in [-0.25, -0.2) is 9.67 Å². The zero-order chi connectivity index (χ0) is 23.8. The zero-order valence-electron chi connectivity index (χ0n) is 18.4. The van der Waals surface area contributed by atoms with Gasteiger partial charge in [0.2, 0.25) is 0 Å². The summed E-state index contributed by atoms with van der Waals surface area (Å²) in [5.74, 6) is -0.206. The van der Waals surface area contributed by atoms with Gasteiger partial charge >= 0.3 is 6.18 Å². The Hall–Kier alpha value is -3.40. The van der Waals surface area contributed by atoms with Crippen molar-refractivity contribution in [3.63, 3.8) is 0 Å². The first-order valence-electron chi connectivity index (χ1n) is 10.5. The van der Waals surface area contributed by atoms with Gasteiger partial charge in [-0.3, -0.25) is 4.79 Å². The lowest BCUT2D eigenvalue weighted by molar-refractivity contribution is -0.143. The SMILES string of the molecule is Cc1ccc(-n2ncc(C(=O)Nc3ccc(N4CC(C)OC(C)C4)nc3)c2C(F)(F)F)cc1. The predicted octanol–water partition coefficient (Wildman–Crippen LogP) is 4.46. The number of aromatic nitrogens is 3. The Balaban J connectivity index is 1.55. The largest absolute Gasteiger partial charge is 0.434 e. The Labute approximate surface area is 189 Å². The number of nitrogens with one attached hydrogen (secondary N) is 1. The van der Waals surface area contributed by atoms with Crippen molar-refractivity contribution >= 4 is 17.4 Å². The number of carbonyl (C=O) groups excluding carboxylic acids is 1. The number of alkyl halides is 3. The van der Waals surface area contributed by atoms with Crippen LogP contribution in [0, 0.1) is 6.92 Å². The van der Waals surface area contributed by atoms with Crippen LogP contribution in [0.15, 0.2) is 48.8 Å². The van der Waals surface area contributed by atoms with E-state index in [9.17, 15) is 18.0 Å². The maximum absolute atomic E-state index is 13.9. The summed E-state index contributed by atoms with van der Waals surface area (Å²) in [5, 5.41) is 6.33. The van der Waals surface area contributed by atoms with Crippen molar-refractivity contribution in [3.8, 4) is 5.69 Å². The Bertz CT molecular complexity index is 1120. The van der Waals surface area contributed by atoms with E-state index in [4.69, 9.17) is 4.74 Å². The number of carbonyl (C=O) groups is 1. The fraction of sp³-hybridized carbons (Fsp3) is 0.348. The molecule has 0 radical (unpaired) electrons. The summed E-state index contributed by atoms with van der Waals surface area (Å²) in [7, 11) is 0. The first kappa shape index (κ1) is 22.8. The second-order valence-electron chi connectivity index (χ2n) is 8.17. The predicted molar refractivity (Wildman–Crippen MR) is 118 cm³/mol. The lowest BCUT2D eigenvalue weighted by atomic mass is 10.2. The quantitative estimate of drug-likeness (QED) is 0.624. The van der Waals surface area contributed by atoms with E-state index >= 15 is 0 Å². The van der Waals surface area contributed by atoms with Gasteiger partial charge in [-0.05, 0) is 45.0 Å². The molecule has 1 fully saturated rings. The molecule has 1 aromatic carbocycles. The molecule has 0 spiro atoms. The number of morpholine rings is 1. The van der Waals surface area contributed by atoms with Gasteiger partial charge in [0, 0.05) is 13.1 Å². The highest BCUT2D eigenvalue weighted by Crippen LogP contribution is 2.34. The molecule has 1 N–H and O–H groups in total. The Morgan fingerprint density at radius 2 is 1.73 bits per heavy atom. The van der Waals surface area contributed by atoms with Crippen molar-refractivity contribution in [1.29, 1.82) is 0 Å². The lowest BCUT2D eigenvalue weighted by Crippen LogP contribution is -2.45. The molecule has 174 valence electrons. The molecule has 1 saturated heterocycles. The number of benzene rings is 1. The molecule has 7 nitrogen and oxygen atoms in total. The number of aryl methyl sites for hydroxylation is 1. The van der Waals surface area contributed by atoms with Crippen molar-refractivity contribution in [2.45, 2.75) is 39.2 Å². The first-order chi connectivity index (χ1) is 15.6. The maximum atomic E-state index is 13.9. The van der Waals surface area contributed by atoms with E-state index in [2.05, 4.69) is 20.3 Å². The molecular weight excluding hydrogens is 435 g/mol. The number of anilines is 2. The summed E-state index contributed by atoms with van der Waals surface area (Å²) in [6.45, 7) is 7.14. The monoisotopic (exact) mass is 459 g/mol. The van der Waals surface area contributed by atoms with Crippen molar-refractivity contribution in [3.05, 3.63) is 65.6 Å². The molecule has 3 aromatic rings. The molecule has 3 heterocycles. The van der Waals surface area contributed by atoms with Gasteiger partial charge in [0.15, 0.2) is 5.69 Å². The number of ether oxygens (including phenoxy) is 1. The third-order valence-electron chi connectivity index (χ3n) is 5.31. The number of hydrogen-bond donors (Lipinski definition) is 1. The normalized spacial score (nSPS) is 18.9. The third kappa shape index (κ3) is 5.00. The van der Waals surface area contributed by atoms with Crippen LogP contribution in [0.2, 0.25) is 0 Å². The number of amides is 1. The van der Waals surface area contributed by atoms with Crippen LogP contribution in [-0.2, 0) is 10.9 Å². The van der Waals surface area contributed by atoms with Crippen molar-refractivity contribution in [1.82, 2.24) is 14.8 Å². The van der Waals surface area contributed by atoms with E-state index in [0.717, 1.165) is 16.4 Å². The number of pyridine rings is 1. The third-order valence-corrected chi connectivity index (χ3v) is 5.31. The van der Waals surface area contributed by atoms with Gasteiger partial charge in [0.05, 0.1) is 41.5 Å². The van der Waals surface area contributed by atoms with Gasteiger partial charge in [0.25, 0.3) is 5.91 Å². The van der Waals surface area contributed by atoms with Crippen molar-refractivity contribution in [2.75, 3.05) is 23.3 Å². The van der Waals surface area contributed by atoms with Gasteiger partial charge in [-0.15, -0.1) is 0 Å². The lowest BCUT2D eigenvalue weighted by Gasteiger charge is -2.36. The molecular formula is C23H24F3N5O2. The number of rotatable bonds is 4. The molecule has 10 heteroatoms. The van der Waals surface area contributed by atoms with Crippen LogP contribution in [0.25, 0.3) is 5.69 Å². The second kappa shape index (κ2) is 8.86. The standard InChI is InChI=1S/C23H24F3N5O2/c1-14-4-7-18(8-5-14)31-21(23(24,25)26)19(11-28-31)22(32)29-17-6-9-20(27-10-17)30-12-15(2)33-16(3)13-30/h4-11,15-16H,12-13H2,1-3H3,(H,29,32). The second-order valence-corrected chi connectivity index (χ2v) is 8.17. The molecule has 33 heavy (non-hydrogen) atoms. The number of halogens is 3. The first-order valence-corrected chi connectivity index (χ1v) is 10.5. The Kier molecular flexibility index (Phi) is 6.11. The summed E-state index contributed by atoms with van der Waals surface area (Å²) in [6, 6.07) is 9.74. The number of hydrogen-bond acceptors (Lipinski definition) is 5. The van der Waals surface area contributed by atoms with E-state index in [0.29, 0.717) is 18.9 Å². The average Bonchev–Trinajstić information content (AvgIpc) is 3.20. The molecule has 1 aliphatic rings. The zero-order valence-corrected chi connectivity index (χ0v) is 18.4. The highest BCUT2D eigenvalue weighted by atomic mass is 19.4. The van der Waals surface area contributed by atoms with Gasteiger partial charge < -0.3 is 15.0 Å². The summed E-state index contributed by atoms with van der Waals surface area (Å²) in [6.07, 6.45) is -2.31. The van der Waals surface area contributed by atoms with Gasteiger partial charge in [0.1, 0.15) is 5.82 Å². The van der Waals surface area contributed by atoms with E-state index < -0.39 is 23.3 Å². The van der Waals surface area contributed by atoms with Crippen LogP contribution in [-0.4, -0.2) is 46.0 Å². The van der Waals surface area contributed by atoms with E-state index in [1.807, 2.05) is 20.8 Å². The topological polar surface area (TPSA) is 72.3 Å². The van der Waals surface area contributed by atoms with Crippen molar-refractivity contribution in [2.24, 2.45) is 0 Å². The van der Waals surface area contributed by atoms with Crippen molar-refractivity contribution < 1.29 is 22.7 Å².